The number of anilines is 1. The molecule has 1 aliphatic rings. The number of nitrogens with two attached hydrogens (primary N) is 1. The van der Waals surface area contributed by atoms with E-state index < -0.39 is 0 Å². The van der Waals surface area contributed by atoms with Crippen LogP contribution in [-0.2, 0) is 6.42 Å². The smallest absolute Gasteiger partial charge is 0.243 e. The largest absolute Gasteiger partial charge is 0.618 e. The van der Waals surface area contributed by atoms with Crippen molar-refractivity contribution >= 4 is 51.2 Å². The van der Waals surface area contributed by atoms with Crippen LogP contribution in [-0.4, -0.2) is 39.1 Å². The first-order valence-corrected chi connectivity index (χ1v) is 10.5. The molecular formula is C19H18ClN7OS. The third-order valence-electron chi connectivity index (χ3n) is 4.98. The molecule has 10 heteroatoms. The van der Waals surface area contributed by atoms with Gasteiger partial charge in [-0.25, -0.2) is 15.0 Å². The van der Waals surface area contributed by atoms with Gasteiger partial charge in [-0.2, -0.15) is 4.73 Å². The van der Waals surface area contributed by atoms with Gasteiger partial charge in [0.25, 0.3) is 0 Å². The first-order chi connectivity index (χ1) is 14.0. The molecule has 0 amide bonds. The lowest BCUT2D eigenvalue weighted by molar-refractivity contribution is -0.577. The molecule has 0 saturated carbocycles. The molecule has 0 unspecified atom stereocenters. The van der Waals surface area contributed by atoms with Crippen LogP contribution in [0, 0.1) is 5.21 Å². The Morgan fingerprint density at radius 3 is 3.00 bits per heavy atom. The number of H-pyrrole nitrogens is 1. The molecule has 0 aliphatic carbocycles. The van der Waals surface area contributed by atoms with E-state index in [0.29, 0.717) is 26.9 Å². The van der Waals surface area contributed by atoms with Crippen LogP contribution in [0.1, 0.15) is 12.6 Å². The van der Waals surface area contributed by atoms with Crippen molar-refractivity contribution in [3.63, 3.8) is 0 Å². The van der Waals surface area contributed by atoms with Gasteiger partial charge in [-0.1, -0.05) is 18.5 Å². The van der Waals surface area contributed by atoms with E-state index in [1.165, 1.54) is 18.0 Å². The molecule has 3 N–H and O–H groups in total. The second kappa shape index (κ2) is 7.01. The number of hydrogen-bond acceptors (Lipinski definition) is 7. The Morgan fingerprint density at radius 2 is 2.24 bits per heavy atom. The molecule has 0 spiro atoms. The zero-order valence-electron chi connectivity index (χ0n) is 15.6. The maximum absolute atomic E-state index is 12.1. The van der Waals surface area contributed by atoms with Gasteiger partial charge in [0.05, 0.1) is 10.4 Å². The fourth-order valence-electron chi connectivity index (χ4n) is 3.48. The zero-order valence-corrected chi connectivity index (χ0v) is 17.2. The Morgan fingerprint density at radius 1 is 1.41 bits per heavy atom. The van der Waals surface area contributed by atoms with Gasteiger partial charge >= 0.3 is 0 Å². The van der Waals surface area contributed by atoms with Crippen molar-refractivity contribution in [2.45, 2.75) is 29.4 Å². The Balaban J connectivity index is 1.59. The Hall–Kier alpha value is -2.62. The lowest BCUT2D eigenvalue weighted by Crippen LogP contribution is -2.56. The summed E-state index contributed by atoms with van der Waals surface area (Å²) < 4.78 is 0.807. The second-order valence-corrected chi connectivity index (χ2v) is 8.42. The van der Waals surface area contributed by atoms with Gasteiger partial charge < -0.3 is 20.8 Å². The van der Waals surface area contributed by atoms with Crippen LogP contribution >= 0.6 is 23.4 Å². The van der Waals surface area contributed by atoms with Crippen LogP contribution in [0.15, 0.2) is 40.6 Å². The molecule has 29 heavy (non-hydrogen) atoms. The number of aromatic nitrogens is 5. The highest BCUT2D eigenvalue weighted by molar-refractivity contribution is 7.99. The second-order valence-electron chi connectivity index (χ2n) is 7.00. The molecule has 0 bridgehead atoms. The molecule has 5 rings (SSSR count). The number of nitrogens with one attached hydrogen (secondary N) is 1. The molecule has 8 nitrogen and oxygen atoms in total. The van der Waals surface area contributed by atoms with Gasteiger partial charge in [0.2, 0.25) is 5.52 Å². The van der Waals surface area contributed by atoms with Crippen LogP contribution in [0.4, 0.5) is 5.82 Å². The maximum Gasteiger partial charge on any atom is 0.243 e. The molecule has 1 aliphatic heterocycles. The van der Waals surface area contributed by atoms with E-state index in [2.05, 4.69) is 19.9 Å². The normalized spacial score (nSPS) is 14.7. The first-order valence-electron chi connectivity index (χ1n) is 9.28. The molecule has 1 saturated heterocycles. The third kappa shape index (κ3) is 3.15. The minimum Gasteiger partial charge on any atom is -0.618 e. The topological polar surface area (TPSA) is 111 Å². The van der Waals surface area contributed by atoms with Crippen LogP contribution < -0.4 is 15.4 Å². The van der Waals surface area contributed by atoms with Crippen molar-refractivity contribution in [3.05, 3.63) is 46.5 Å². The van der Waals surface area contributed by atoms with E-state index >= 15 is 0 Å². The van der Waals surface area contributed by atoms with Crippen LogP contribution in [0.5, 0.6) is 0 Å². The van der Waals surface area contributed by atoms with E-state index in [1.807, 2.05) is 6.92 Å². The summed E-state index contributed by atoms with van der Waals surface area (Å²) in [6.07, 6.45) is 3.95. The number of fused-ring (bicyclic) bond motifs is 2. The summed E-state index contributed by atoms with van der Waals surface area (Å²) in [6, 6.07) is 5.42. The Bertz CT molecular complexity index is 1240. The van der Waals surface area contributed by atoms with E-state index in [4.69, 9.17) is 22.3 Å². The van der Waals surface area contributed by atoms with Crippen molar-refractivity contribution in [2.75, 3.05) is 18.0 Å². The first kappa shape index (κ1) is 18.4. The van der Waals surface area contributed by atoms with E-state index in [9.17, 15) is 5.21 Å². The summed E-state index contributed by atoms with van der Waals surface area (Å²) in [5.74, 6) is 0.785. The van der Waals surface area contributed by atoms with Crippen molar-refractivity contribution in [1.29, 1.82) is 0 Å². The van der Waals surface area contributed by atoms with Gasteiger partial charge in [0.15, 0.2) is 11.4 Å². The molecule has 4 aromatic rings. The van der Waals surface area contributed by atoms with Gasteiger partial charge in [-0.05, 0) is 24.2 Å². The summed E-state index contributed by atoms with van der Waals surface area (Å²) in [6.45, 7) is 3.50. The molecule has 4 aromatic heterocycles. The van der Waals surface area contributed by atoms with E-state index in [0.717, 1.165) is 46.0 Å². The minimum absolute atomic E-state index is 0.136. The maximum atomic E-state index is 12.1. The predicted octanol–water partition coefficient (Wildman–Crippen LogP) is 2.65. The lowest BCUT2D eigenvalue weighted by atomic mass is 10.1. The molecule has 1 fully saturated rings. The highest BCUT2D eigenvalue weighted by Crippen LogP contribution is 2.37. The number of aryl methyl sites for hydroxylation is 1. The summed E-state index contributed by atoms with van der Waals surface area (Å²) in [7, 11) is 0. The van der Waals surface area contributed by atoms with E-state index in [-0.39, 0.29) is 6.04 Å². The zero-order chi connectivity index (χ0) is 20.1. The molecule has 5 heterocycles. The predicted molar refractivity (Wildman–Crippen MR) is 113 cm³/mol. The van der Waals surface area contributed by atoms with Gasteiger partial charge in [-0.3, -0.25) is 0 Å². The highest BCUT2D eigenvalue weighted by Gasteiger charge is 2.29. The lowest BCUT2D eigenvalue weighted by Gasteiger charge is -2.38. The number of pyridine rings is 2. The summed E-state index contributed by atoms with van der Waals surface area (Å²) in [5.41, 5.74) is 8.76. The average Bonchev–Trinajstić information content (AvgIpc) is 3.01. The van der Waals surface area contributed by atoms with Gasteiger partial charge in [0.1, 0.15) is 17.0 Å². The fourth-order valence-corrected chi connectivity index (χ4v) is 4.59. The monoisotopic (exact) mass is 427 g/mol. The number of rotatable bonds is 4. The molecule has 0 radical (unpaired) electrons. The van der Waals surface area contributed by atoms with Crippen molar-refractivity contribution < 1.29 is 4.73 Å². The molecule has 0 atom stereocenters. The summed E-state index contributed by atoms with van der Waals surface area (Å²) in [5, 5.41) is 14.1. The molecular weight excluding hydrogens is 410 g/mol. The highest BCUT2D eigenvalue weighted by atomic mass is 35.5. The SMILES string of the molecule is CCc1[nH]c2nc(Sc3cnc4ccc[n+]([O-])c4c3)nc(N3CC(N)C3)c2c1Cl. The number of hydrogen-bond donors (Lipinski definition) is 2. The fraction of sp³-hybridized carbons (Fsp3) is 0.263. The standard InChI is InChI=1S/C19H18ClN7OS/c1-2-12-16(20)15-17(23-12)24-19(25-18(15)26-8-10(21)9-26)29-11-6-14-13(22-7-11)4-3-5-27(14)28/h3-7,10H,2,8-9,21H2,1H3,(H,23,24,25). The Kier molecular flexibility index (Phi) is 4.45. The van der Waals surface area contributed by atoms with Gasteiger partial charge in [0, 0.05) is 48.1 Å². The number of nitrogens with zero attached hydrogens (tertiary/aromatic N) is 5. The molecule has 148 valence electrons. The minimum atomic E-state index is 0.136. The molecule has 0 aromatic carbocycles. The number of halogens is 1. The van der Waals surface area contributed by atoms with Crippen molar-refractivity contribution in [1.82, 2.24) is 19.9 Å². The van der Waals surface area contributed by atoms with Crippen molar-refractivity contribution in [3.8, 4) is 0 Å². The average molecular weight is 428 g/mol. The third-order valence-corrected chi connectivity index (χ3v) is 6.22. The number of aromatic amines is 1. The van der Waals surface area contributed by atoms with Crippen molar-refractivity contribution in [2.24, 2.45) is 5.73 Å². The van der Waals surface area contributed by atoms with Crippen LogP contribution in [0.2, 0.25) is 5.02 Å². The Labute approximate surface area is 175 Å². The van der Waals surface area contributed by atoms with E-state index in [1.54, 1.807) is 24.4 Å². The quantitative estimate of drug-likeness (QED) is 0.292. The summed E-state index contributed by atoms with van der Waals surface area (Å²) >= 11 is 7.95. The van der Waals surface area contributed by atoms with Crippen LogP contribution in [0.3, 0.4) is 0 Å². The van der Waals surface area contributed by atoms with Crippen LogP contribution in [0.25, 0.3) is 22.1 Å². The van der Waals surface area contributed by atoms with Gasteiger partial charge in [-0.15, -0.1) is 0 Å². The summed E-state index contributed by atoms with van der Waals surface area (Å²) in [4.78, 5) is 20.0.